The lowest BCUT2D eigenvalue weighted by Gasteiger charge is -2.35. The van der Waals surface area contributed by atoms with Gasteiger partial charge in [-0.25, -0.2) is 19.6 Å². The summed E-state index contributed by atoms with van der Waals surface area (Å²) in [6.07, 6.45) is 7.99. The van der Waals surface area contributed by atoms with Crippen molar-refractivity contribution < 1.29 is 55.1 Å². The normalized spacial score (nSPS) is 12.6. The number of aromatic nitrogens is 4. The Morgan fingerprint density at radius 2 is 1.10 bits per heavy atom. The molecule has 2 aromatic heterocycles. The zero-order valence-corrected chi connectivity index (χ0v) is 41.2. The zero-order chi connectivity index (χ0) is 47.6. The van der Waals surface area contributed by atoms with Crippen LogP contribution in [-0.4, -0.2) is 116 Å². The van der Waals surface area contributed by atoms with E-state index in [1.54, 1.807) is 6.07 Å². The highest BCUT2D eigenvalue weighted by molar-refractivity contribution is 7.87. The molecule has 2 heterocycles. The van der Waals surface area contributed by atoms with Gasteiger partial charge in [0.2, 0.25) is 11.5 Å². The molecule has 0 amide bonds. The molecule has 0 spiro atoms. The predicted molar refractivity (Wildman–Crippen MR) is 242 cm³/mol. The summed E-state index contributed by atoms with van der Waals surface area (Å²) in [5, 5.41) is 9.88. The van der Waals surface area contributed by atoms with Crippen molar-refractivity contribution in [1.29, 1.82) is 0 Å². The average Bonchev–Trinajstić information content (AvgIpc) is 3.20. The second-order valence-electron chi connectivity index (χ2n) is 17.0. The van der Waals surface area contributed by atoms with Crippen molar-refractivity contribution >= 4 is 38.7 Å². The van der Waals surface area contributed by atoms with Crippen molar-refractivity contribution in [1.82, 2.24) is 19.9 Å². The highest BCUT2D eigenvalue weighted by Gasteiger charge is 2.37. The number of methoxy groups -OCH3 is 2. The maximum absolute atomic E-state index is 12.6. The summed E-state index contributed by atoms with van der Waals surface area (Å²) in [5.41, 5.74) is -2.66. The first-order valence-corrected chi connectivity index (χ1v) is 27.4. The van der Waals surface area contributed by atoms with Crippen molar-refractivity contribution in [2.45, 2.75) is 95.5 Å². The van der Waals surface area contributed by atoms with Crippen LogP contribution >= 0.6 is 0 Å². The minimum Gasteiger partial charge on any atom is -0.501 e. The second-order valence-corrected chi connectivity index (χ2v) is 28.1. The first-order chi connectivity index (χ1) is 29.3. The summed E-state index contributed by atoms with van der Waals surface area (Å²) in [5.74, 6) is -3.04. The molecular weight excluding hydrogens is 873 g/mol. The highest BCUT2D eigenvalue weighted by atomic mass is 32.2. The van der Waals surface area contributed by atoms with E-state index in [-0.39, 0.29) is 46.1 Å². The Labute approximate surface area is 371 Å². The summed E-state index contributed by atoms with van der Waals surface area (Å²) < 4.78 is 62.3. The number of carbonyl (C=O) groups excluding carboxylic acids is 2. The van der Waals surface area contributed by atoms with Crippen LogP contribution in [0.4, 0.5) is 0 Å². The lowest BCUT2D eigenvalue weighted by atomic mass is 10.2. The number of aromatic hydroxyl groups is 1. The summed E-state index contributed by atoms with van der Waals surface area (Å²) in [4.78, 5) is 60.5. The molecular formula is C42H64N4O14SSi2. The predicted octanol–water partition coefficient (Wildman–Crippen LogP) is 5.86. The van der Waals surface area contributed by atoms with Gasteiger partial charge in [0.15, 0.2) is 28.0 Å². The summed E-state index contributed by atoms with van der Waals surface area (Å²) in [7, 11) is -5.69. The zero-order valence-electron chi connectivity index (χ0n) is 38.4. The van der Waals surface area contributed by atoms with Crippen LogP contribution in [0.3, 0.4) is 0 Å². The number of hydrogen-bond acceptors (Lipinski definition) is 16. The molecule has 3 rings (SSSR count). The van der Waals surface area contributed by atoms with Gasteiger partial charge in [-0.05, 0) is 48.4 Å². The van der Waals surface area contributed by atoms with E-state index in [0.717, 1.165) is 14.2 Å². The lowest BCUT2D eigenvalue weighted by Crippen LogP contribution is -2.40. The maximum atomic E-state index is 12.6. The van der Waals surface area contributed by atoms with Crippen molar-refractivity contribution in [3.8, 4) is 11.5 Å². The number of benzene rings is 1. The molecule has 0 atom stereocenters. The molecule has 3 N–H and O–H groups in total. The average molecular weight is 937 g/mol. The first kappa shape index (κ1) is 54.4. The quantitative estimate of drug-likeness (QED) is 0.0372. The number of nitrogens with one attached hydrogen (secondary N) is 2. The molecule has 18 nitrogen and oxygen atoms in total. The van der Waals surface area contributed by atoms with E-state index in [4.69, 9.17) is 22.5 Å². The van der Waals surface area contributed by atoms with Crippen LogP contribution in [-0.2, 0) is 50.8 Å². The van der Waals surface area contributed by atoms with E-state index in [9.17, 15) is 32.7 Å². The van der Waals surface area contributed by atoms with Crippen molar-refractivity contribution in [3.05, 3.63) is 98.4 Å². The Bertz CT molecular complexity index is 2250. The third-order valence-corrected chi connectivity index (χ3v) is 20.5. The Morgan fingerprint density at radius 1 is 0.683 bits per heavy atom. The van der Waals surface area contributed by atoms with Gasteiger partial charge in [-0.15, -0.1) is 0 Å². The fourth-order valence-corrected chi connectivity index (χ4v) is 7.27. The minimum absolute atomic E-state index is 0.120. The number of ether oxygens (including phenoxy) is 4. The number of nitrogens with zero attached hydrogens (tertiary/aromatic N) is 2. The SMILES string of the molecule is COC(=O)c1nc(CCOC/C=C\CO[Si](C)(C)C(C)(C)C)[nH]c(=O)c1O.COC(=O)c1nc(CCOC/C=C\CO[Si](C)(C)C(C)(C)C)[nH]c(=O)c1OS(=O)(=O)c1ccccc1. The van der Waals surface area contributed by atoms with E-state index in [0.29, 0.717) is 33.0 Å². The standard InChI is InChI=1S/C24H34N2O8SSi.C18H30N2O6Si/c1-24(2,3)36(5,6)33-16-11-10-15-32-17-14-19-25-20(23(28)31-4)21(22(27)26-19)34-35(29,30)18-12-8-7-9-13-18;1-18(2,3)27(5,6)26-11-8-7-10-25-12-9-13-19-14(17(23)24-4)15(21)16(22)20-13/h7-13H,14-17H2,1-6H3,(H,25,26,27);7-8,21H,9-12H2,1-6H3,(H,19,20,22)/b11-10-;8-7-. The van der Waals surface area contributed by atoms with E-state index in [2.05, 4.69) is 97.1 Å². The van der Waals surface area contributed by atoms with Gasteiger partial charge in [0, 0.05) is 12.8 Å². The van der Waals surface area contributed by atoms with Crippen LogP contribution in [0.5, 0.6) is 11.5 Å². The Balaban J connectivity index is 0.000000452. The number of rotatable bonds is 21. The maximum Gasteiger partial charge on any atom is 0.360 e. The Morgan fingerprint density at radius 3 is 1.54 bits per heavy atom. The number of aromatic amines is 2. The molecule has 21 heteroatoms. The molecule has 63 heavy (non-hydrogen) atoms. The Kier molecular flexibility index (Phi) is 21.0. The third kappa shape index (κ3) is 17.4. The lowest BCUT2D eigenvalue weighted by molar-refractivity contribution is 0.0580. The molecule has 350 valence electrons. The molecule has 0 saturated carbocycles. The van der Waals surface area contributed by atoms with Crippen molar-refractivity contribution in [2.24, 2.45) is 0 Å². The van der Waals surface area contributed by atoms with Gasteiger partial charge in [-0.2, -0.15) is 8.42 Å². The second kappa shape index (κ2) is 24.3. The fraction of sp³-hybridized carbons (Fsp3) is 0.524. The number of H-pyrrole nitrogens is 2. The van der Waals surface area contributed by atoms with E-state index in [1.165, 1.54) is 24.3 Å². The molecule has 3 aromatic rings. The summed E-state index contributed by atoms with van der Waals surface area (Å²) >= 11 is 0. The van der Waals surface area contributed by atoms with Crippen LogP contribution in [0.15, 0.2) is 69.1 Å². The van der Waals surface area contributed by atoms with Crippen LogP contribution in [0.1, 0.15) is 74.2 Å². The Hall–Kier alpha value is -4.78. The number of esters is 2. The van der Waals surface area contributed by atoms with Gasteiger partial charge < -0.3 is 47.1 Å². The molecule has 0 fully saturated rings. The van der Waals surface area contributed by atoms with Gasteiger partial charge in [0.05, 0.1) is 53.9 Å². The molecule has 0 saturated heterocycles. The molecule has 1 aromatic carbocycles. The minimum atomic E-state index is -4.37. The third-order valence-electron chi connectivity index (χ3n) is 10.3. The van der Waals surface area contributed by atoms with E-state index in [1.807, 2.05) is 24.3 Å². The van der Waals surface area contributed by atoms with Gasteiger partial charge in [0.1, 0.15) is 16.5 Å². The summed E-state index contributed by atoms with van der Waals surface area (Å²) in [6, 6.07) is 7.23. The molecule has 0 bridgehead atoms. The molecule has 0 aliphatic rings. The smallest absolute Gasteiger partial charge is 0.360 e. The molecule has 0 aliphatic carbocycles. The topological polar surface area (TPSA) is 245 Å². The van der Waals surface area contributed by atoms with E-state index >= 15 is 0 Å². The molecule has 0 unspecified atom stereocenters. The van der Waals surface area contributed by atoms with Crippen LogP contribution in [0.25, 0.3) is 0 Å². The molecule has 0 radical (unpaired) electrons. The van der Waals surface area contributed by atoms with Crippen LogP contribution in [0.2, 0.25) is 36.3 Å². The van der Waals surface area contributed by atoms with Crippen molar-refractivity contribution in [3.63, 3.8) is 0 Å². The van der Waals surface area contributed by atoms with Gasteiger partial charge in [-0.3, -0.25) is 9.59 Å². The van der Waals surface area contributed by atoms with E-state index < -0.39 is 72.7 Å². The molecule has 0 aliphatic heterocycles. The monoisotopic (exact) mass is 936 g/mol. The fourth-order valence-electron chi connectivity index (χ4n) is 4.41. The first-order valence-electron chi connectivity index (χ1n) is 20.1. The van der Waals surface area contributed by atoms with Gasteiger partial charge in [-0.1, -0.05) is 84.0 Å². The number of hydrogen-bond donors (Lipinski definition) is 3. The summed E-state index contributed by atoms with van der Waals surface area (Å²) in [6.45, 7) is 24.1. The van der Waals surface area contributed by atoms with Crippen LogP contribution in [0, 0.1) is 0 Å². The van der Waals surface area contributed by atoms with Gasteiger partial charge in [0.25, 0.3) is 11.1 Å². The number of carbonyl (C=O) groups is 2. The highest BCUT2D eigenvalue weighted by Crippen LogP contribution is 2.37. The van der Waals surface area contributed by atoms with Gasteiger partial charge >= 0.3 is 22.1 Å². The van der Waals surface area contributed by atoms with Crippen molar-refractivity contribution in [2.75, 3.05) is 53.9 Å². The largest absolute Gasteiger partial charge is 0.501 e. The van der Waals surface area contributed by atoms with Crippen LogP contribution < -0.4 is 15.3 Å².